The van der Waals surface area contributed by atoms with Crippen LogP contribution < -0.4 is 0 Å². The van der Waals surface area contributed by atoms with Gasteiger partial charge in [0.15, 0.2) is 0 Å². The van der Waals surface area contributed by atoms with Gasteiger partial charge in [0.1, 0.15) is 5.25 Å². The SMILES string of the molecule is CC[C@@H](Sc1nnc(-c2ccccc2)o1)C(=O)O. The molecule has 0 saturated heterocycles. The Morgan fingerprint density at radius 2 is 2.11 bits per heavy atom. The fourth-order valence-corrected chi connectivity index (χ4v) is 2.11. The standard InChI is InChI=1S/C12H12N2O3S/c1-2-9(11(15)16)18-12-14-13-10(17-12)8-6-4-3-5-7-8/h3-7,9H,2H2,1H3,(H,15,16)/t9-/m1/s1. The smallest absolute Gasteiger partial charge is 0.317 e. The first-order chi connectivity index (χ1) is 8.70. The second-order valence-electron chi connectivity index (χ2n) is 3.59. The first-order valence-electron chi connectivity index (χ1n) is 5.49. The van der Waals surface area contributed by atoms with Crippen LogP contribution in [0.5, 0.6) is 0 Å². The van der Waals surface area contributed by atoms with E-state index in [1.165, 1.54) is 0 Å². The van der Waals surface area contributed by atoms with E-state index in [4.69, 9.17) is 9.52 Å². The van der Waals surface area contributed by atoms with Gasteiger partial charge in [0.2, 0.25) is 5.89 Å². The third-order valence-corrected chi connectivity index (χ3v) is 3.50. The van der Waals surface area contributed by atoms with E-state index in [0.29, 0.717) is 12.3 Å². The van der Waals surface area contributed by atoms with Crippen molar-refractivity contribution in [3.8, 4) is 11.5 Å². The maximum absolute atomic E-state index is 10.9. The van der Waals surface area contributed by atoms with Crippen molar-refractivity contribution < 1.29 is 14.3 Å². The zero-order valence-corrected chi connectivity index (χ0v) is 10.6. The molecule has 0 amide bonds. The number of nitrogens with zero attached hydrogens (tertiary/aromatic N) is 2. The van der Waals surface area contributed by atoms with Crippen LogP contribution in [-0.4, -0.2) is 26.5 Å². The van der Waals surface area contributed by atoms with Crippen LogP contribution in [0.15, 0.2) is 40.0 Å². The molecule has 2 rings (SSSR count). The van der Waals surface area contributed by atoms with Crippen molar-refractivity contribution in [3.63, 3.8) is 0 Å². The van der Waals surface area contributed by atoms with Crippen LogP contribution in [-0.2, 0) is 4.79 Å². The fraction of sp³-hybridized carbons (Fsp3) is 0.250. The summed E-state index contributed by atoms with van der Waals surface area (Å²) in [4.78, 5) is 10.9. The Kier molecular flexibility index (Phi) is 3.99. The minimum absolute atomic E-state index is 0.281. The molecule has 2 aromatic rings. The minimum Gasteiger partial charge on any atom is -0.480 e. The Balaban J connectivity index is 2.14. The summed E-state index contributed by atoms with van der Waals surface area (Å²) in [5.41, 5.74) is 0.820. The molecule has 0 bridgehead atoms. The molecular formula is C12H12N2O3S. The van der Waals surface area contributed by atoms with E-state index in [1.54, 1.807) is 6.92 Å². The summed E-state index contributed by atoms with van der Waals surface area (Å²) in [6, 6.07) is 9.36. The van der Waals surface area contributed by atoms with Crippen molar-refractivity contribution in [1.29, 1.82) is 0 Å². The molecule has 0 aliphatic heterocycles. The number of benzene rings is 1. The van der Waals surface area contributed by atoms with Gasteiger partial charge in [0, 0.05) is 5.56 Å². The van der Waals surface area contributed by atoms with Crippen LogP contribution in [0.1, 0.15) is 13.3 Å². The molecule has 5 nitrogen and oxygen atoms in total. The number of carboxylic acids is 1. The minimum atomic E-state index is -0.873. The average Bonchev–Trinajstić information content (AvgIpc) is 2.85. The largest absolute Gasteiger partial charge is 0.480 e. The lowest BCUT2D eigenvalue weighted by Gasteiger charge is -2.04. The highest BCUT2D eigenvalue weighted by molar-refractivity contribution is 8.00. The second kappa shape index (κ2) is 5.68. The lowest BCUT2D eigenvalue weighted by atomic mass is 10.2. The molecule has 0 unspecified atom stereocenters. The van der Waals surface area contributed by atoms with Gasteiger partial charge < -0.3 is 9.52 Å². The summed E-state index contributed by atoms with van der Waals surface area (Å²) in [5.74, 6) is -0.472. The predicted molar refractivity (Wildman–Crippen MR) is 67.3 cm³/mol. The Hall–Kier alpha value is -1.82. The van der Waals surface area contributed by atoms with E-state index in [0.717, 1.165) is 17.3 Å². The highest BCUT2D eigenvalue weighted by Crippen LogP contribution is 2.27. The van der Waals surface area contributed by atoms with E-state index in [-0.39, 0.29) is 5.22 Å². The number of aliphatic carboxylic acids is 1. The molecular weight excluding hydrogens is 252 g/mol. The number of carboxylic acid groups (broad SMARTS) is 1. The van der Waals surface area contributed by atoms with Crippen LogP contribution in [0, 0.1) is 0 Å². The van der Waals surface area contributed by atoms with E-state index in [1.807, 2.05) is 30.3 Å². The van der Waals surface area contributed by atoms with Gasteiger partial charge in [-0.1, -0.05) is 36.9 Å². The fourth-order valence-electron chi connectivity index (χ4n) is 1.38. The van der Waals surface area contributed by atoms with Crippen LogP contribution >= 0.6 is 11.8 Å². The van der Waals surface area contributed by atoms with Crippen LogP contribution in [0.4, 0.5) is 0 Å². The van der Waals surface area contributed by atoms with E-state index in [9.17, 15) is 4.79 Å². The number of carbonyl (C=O) groups is 1. The Morgan fingerprint density at radius 3 is 2.72 bits per heavy atom. The molecule has 6 heteroatoms. The van der Waals surface area contributed by atoms with Crippen molar-refractivity contribution in [3.05, 3.63) is 30.3 Å². The predicted octanol–water partition coefficient (Wildman–Crippen LogP) is 2.69. The van der Waals surface area contributed by atoms with Crippen LogP contribution in [0.3, 0.4) is 0 Å². The van der Waals surface area contributed by atoms with E-state index in [2.05, 4.69) is 10.2 Å². The molecule has 0 fully saturated rings. The van der Waals surface area contributed by atoms with E-state index >= 15 is 0 Å². The van der Waals surface area contributed by atoms with Crippen molar-refractivity contribution in [2.45, 2.75) is 23.8 Å². The lowest BCUT2D eigenvalue weighted by Crippen LogP contribution is -2.14. The second-order valence-corrected chi connectivity index (χ2v) is 4.75. The monoisotopic (exact) mass is 264 g/mol. The summed E-state index contributed by atoms with van der Waals surface area (Å²) < 4.78 is 5.43. The van der Waals surface area contributed by atoms with Crippen molar-refractivity contribution in [2.75, 3.05) is 0 Å². The molecule has 0 aliphatic carbocycles. The van der Waals surface area contributed by atoms with Crippen molar-refractivity contribution in [2.24, 2.45) is 0 Å². The van der Waals surface area contributed by atoms with Gasteiger partial charge in [-0.3, -0.25) is 4.79 Å². The normalized spacial score (nSPS) is 12.3. The Morgan fingerprint density at radius 1 is 1.39 bits per heavy atom. The van der Waals surface area contributed by atoms with Gasteiger partial charge in [0.25, 0.3) is 5.22 Å². The van der Waals surface area contributed by atoms with E-state index < -0.39 is 11.2 Å². The maximum atomic E-state index is 10.9. The van der Waals surface area contributed by atoms with Crippen molar-refractivity contribution in [1.82, 2.24) is 10.2 Å². The summed E-state index contributed by atoms with van der Waals surface area (Å²) in [6.07, 6.45) is 0.503. The van der Waals surface area contributed by atoms with Crippen LogP contribution in [0.2, 0.25) is 0 Å². The zero-order chi connectivity index (χ0) is 13.0. The average molecular weight is 264 g/mol. The third kappa shape index (κ3) is 2.89. The molecule has 0 spiro atoms. The number of thioether (sulfide) groups is 1. The Bertz CT molecular complexity index is 527. The van der Waals surface area contributed by atoms with Gasteiger partial charge >= 0.3 is 5.97 Å². The summed E-state index contributed by atoms with van der Waals surface area (Å²) in [5, 5.41) is 16.4. The molecule has 0 saturated carbocycles. The van der Waals surface area contributed by atoms with Gasteiger partial charge in [-0.2, -0.15) is 0 Å². The summed E-state index contributed by atoms with van der Waals surface area (Å²) in [7, 11) is 0. The quantitative estimate of drug-likeness (QED) is 0.837. The molecule has 1 aromatic carbocycles. The van der Waals surface area contributed by atoms with Gasteiger partial charge in [-0.15, -0.1) is 10.2 Å². The highest BCUT2D eigenvalue weighted by atomic mass is 32.2. The van der Waals surface area contributed by atoms with Gasteiger partial charge in [-0.25, -0.2) is 0 Å². The number of aromatic nitrogens is 2. The molecule has 0 radical (unpaired) electrons. The van der Waals surface area contributed by atoms with Gasteiger partial charge in [0.05, 0.1) is 0 Å². The Labute approximate surface area is 108 Å². The lowest BCUT2D eigenvalue weighted by molar-refractivity contribution is -0.136. The van der Waals surface area contributed by atoms with Crippen molar-refractivity contribution >= 4 is 17.7 Å². The summed E-state index contributed by atoms with van der Waals surface area (Å²) >= 11 is 1.07. The number of rotatable bonds is 5. The number of hydrogen-bond acceptors (Lipinski definition) is 5. The molecule has 1 N–H and O–H groups in total. The first kappa shape index (κ1) is 12.6. The molecule has 1 heterocycles. The molecule has 94 valence electrons. The molecule has 1 aromatic heterocycles. The third-order valence-electron chi connectivity index (χ3n) is 2.32. The molecule has 18 heavy (non-hydrogen) atoms. The summed E-state index contributed by atoms with van der Waals surface area (Å²) in [6.45, 7) is 1.81. The highest BCUT2D eigenvalue weighted by Gasteiger charge is 2.20. The molecule has 0 aliphatic rings. The molecule has 1 atom stereocenters. The van der Waals surface area contributed by atoms with Crippen LogP contribution in [0.25, 0.3) is 11.5 Å². The number of hydrogen-bond donors (Lipinski definition) is 1. The first-order valence-corrected chi connectivity index (χ1v) is 6.37. The zero-order valence-electron chi connectivity index (χ0n) is 9.74. The maximum Gasteiger partial charge on any atom is 0.317 e. The van der Waals surface area contributed by atoms with Gasteiger partial charge in [-0.05, 0) is 18.6 Å². The topological polar surface area (TPSA) is 76.2 Å².